The van der Waals surface area contributed by atoms with Crippen LogP contribution in [0.1, 0.15) is 31.2 Å². The fourth-order valence-corrected chi connectivity index (χ4v) is 4.60. The lowest BCUT2D eigenvalue weighted by atomic mass is 9.73. The number of hydrogen-bond donors (Lipinski definition) is 0. The van der Waals surface area contributed by atoms with Crippen LogP contribution in [-0.2, 0) is 14.9 Å². The molecule has 1 amide bonds. The summed E-state index contributed by atoms with van der Waals surface area (Å²) in [6.45, 7) is 2.89. The first kappa shape index (κ1) is 15.8. The van der Waals surface area contributed by atoms with E-state index in [1.165, 1.54) is 12.1 Å². The van der Waals surface area contributed by atoms with Gasteiger partial charge < -0.3 is 9.64 Å². The van der Waals surface area contributed by atoms with Gasteiger partial charge in [0.25, 0.3) is 0 Å². The van der Waals surface area contributed by atoms with Gasteiger partial charge in [-0.1, -0.05) is 24.3 Å². The lowest BCUT2D eigenvalue weighted by Crippen LogP contribution is -2.49. The zero-order chi connectivity index (χ0) is 16.6. The van der Waals surface area contributed by atoms with Gasteiger partial charge in [-0.25, -0.2) is 4.39 Å². The van der Waals surface area contributed by atoms with E-state index in [-0.39, 0.29) is 11.7 Å². The number of carbonyl (C=O) groups excluding carboxylic acids is 1. The van der Waals surface area contributed by atoms with E-state index in [1.807, 2.05) is 0 Å². The molecule has 0 unspecified atom stereocenters. The maximum absolute atomic E-state index is 13.5. The molecule has 2 atom stereocenters. The highest BCUT2D eigenvalue weighted by Gasteiger charge is 2.47. The highest BCUT2D eigenvalue weighted by atomic mass is 19.1. The van der Waals surface area contributed by atoms with Crippen LogP contribution >= 0.6 is 0 Å². The van der Waals surface area contributed by atoms with E-state index in [2.05, 4.69) is 17.1 Å². The van der Waals surface area contributed by atoms with Gasteiger partial charge in [0.2, 0.25) is 5.91 Å². The van der Waals surface area contributed by atoms with Crippen molar-refractivity contribution in [3.05, 3.63) is 47.8 Å². The smallest absolute Gasteiger partial charge is 0.233 e. The fraction of sp³-hybridized carbons (Fsp3) is 0.550. The lowest BCUT2D eigenvalue weighted by Gasteiger charge is -2.39. The van der Waals surface area contributed by atoms with Crippen LogP contribution in [0.2, 0.25) is 0 Å². The van der Waals surface area contributed by atoms with E-state index >= 15 is 0 Å². The average Bonchev–Trinajstić information content (AvgIpc) is 3.06. The minimum absolute atomic E-state index is 0.215. The Hall–Kier alpha value is -1.68. The van der Waals surface area contributed by atoms with E-state index in [4.69, 9.17) is 4.74 Å². The first-order valence-electron chi connectivity index (χ1n) is 8.97. The van der Waals surface area contributed by atoms with E-state index in [0.717, 1.165) is 31.5 Å². The number of carbonyl (C=O) groups is 1. The van der Waals surface area contributed by atoms with Crippen LogP contribution in [0.3, 0.4) is 0 Å². The van der Waals surface area contributed by atoms with Gasteiger partial charge in [-0.2, -0.15) is 0 Å². The maximum Gasteiger partial charge on any atom is 0.233 e. The Morgan fingerprint density at radius 3 is 2.21 bits per heavy atom. The third-order valence-electron chi connectivity index (χ3n) is 6.06. The molecular weight excluding hydrogens is 305 g/mol. The molecule has 2 aliphatic heterocycles. The van der Waals surface area contributed by atoms with Crippen LogP contribution < -0.4 is 0 Å². The molecule has 3 aliphatic rings. The summed E-state index contributed by atoms with van der Waals surface area (Å²) in [5.41, 5.74) is 0.387. The van der Waals surface area contributed by atoms with Crippen molar-refractivity contribution in [3.63, 3.8) is 0 Å². The zero-order valence-corrected chi connectivity index (χ0v) is 13.9. The zero-order valence-electron chi connectivity index (χ0n) is 13.9. The van der Waals surface area contributed by atoms with Crippen LogP contribution in [-0.4, -0.2) is 37.1 Å². The van der Waals surface area contributed by atoms with Gasteiger partial charge >= 0.3 is 0 Å². The Morgan fingerprint density at radius 2 is 1.62 bits per heavy atom. The summed E-state index contributed by atoms with van der Waals surface area (Å²) >= 11 is 0. The Kier molecular flexibility index (Phi) is 4.17. The monoisotopic (exact) mass is 329 g/mol. The standard InChI is InChI=1S/C20H24FNO2/c21-18-7-5-17(6-8-18)20(9-11-24-12-10-20)19(23)22-13-15-3-1-2-4-16(15)14-22/h1-2,5-8,15-16H,3-4,9-14H2/t15-,16-/m0/s1. The van der Waals surface area contributed by atoms with Crippen molar-refractivity contribution >= 4 is 5.91 Å². The molecule has 2 saturated heterocycles. The molecule has 2 fully saturated rings. The second kappa shape index (κ2) is 6.32. The summed E-state index contributed by atoms with van der Waals surface area (Å²) in [5.74, 6) is 1.16. The SMILES string of the molecule is O=C(N1C[C@@H]2CC=CC[C@H]2C1)C1(c2ccc(F)cc2)CCOCC1. The van der Waals surface area contributed by atoms with Crippen molar-refractivity contribution < 1.29 is 13.9 Å². The molecule has 0 aromatic heterocycles. The van der Waals surface area contributed by atoms with E-state index in [0.29, 0.717) is 37.9 Å². The molecule has 0 N–H and O–H groups in total. The van der Waals surface area contributed by atoms with Gasteiger partial charge in [0.05, 0.1) is 5.41 Å². The van der Waals surface area contributed by atoms with Gasteiger partial charge in [0.1, 0.15) is 5.82 Å². The molecule has 4 rings (SSSR count). The summed E-state index contributed by atoms with van der Waals surface area (Å²) in [4.78, 5) is 15.6. The molecule has 0 spiro atoms. The molecule has 128 valence electrons. The largest absolute Gasteiger partial charge is 0.381 e. The summed E-state index contributed by atoms with van der Waals surface area (Å²) in [5, 5.41) is 0. The van der Waals surface area contributed by atoms with Crippen LogP contribution in [0.5, 0.6) is 0 Å². The molecule has 0 bridgehead atoms. The number of fused-ring (bicyclic) bond motifs is 1. The lowest BCUT2D eigenvalue weighted by molar-refractivity contribution is -0.140. The number of benzene rings is 1. The van der Waals surface area contributed by atoms with Crippen molar-refractivity contribution in [2.75, 3.05) is 26.3 Å². The summed E-state index contributed by atoms with van der Waals surface area (Å²) in [6, 6.07) is 6.49. The Balaban J connectivity index is 1.62. The second-order valence-electron chi connectivity index (χ2n) is 7.37. The minimum Gasteiger partial charge on any atom is -0.381 e. The number of ether oxygens (including phenoxy) is 1. The minimum atomic E-state index is -0.549. The van der Waals surface area contributed by atoms with Gasteiger partial charge in [0.15, 0.2) is 0 Å². The first-order chi connectivity index (χ1) is 11.7. The summed E-state index contributed by atoms with van der Waals surface area (Å²) < 4.78 is 18.9. The number of amides is 1. The number of halogens is 1. The summed E-state index contributed by atoms with van der Waals surface area (Å²) in [6.07, 6.45) is 8.03. The molecule has 0 radical (unpaired) electrons. The van der Waals surface area contributed by atoms with Gasteiger partial charge in [0, 0.05) is 26.3 Å². The quantitative estimate of drug-likeness (QED) is 0.779. The van der Waals surface area contributed by atoms with Gasteiger partial charge in [-0.3, -0.25) is 4.79 Å². The third-order valence-corrected chi connectivity index (χ3v) is 6.06. The van der Waals surface area contributed by atoms with E-state index < -0.39 is 5.41 Å². The van der Waals surface area contributed by atoms with Gasteiger partial charge in [-0.15, -0.1) is 0 Å². The molecule has 1 aliphatic carbocycles. The number of rotatable bonds is 2. The van der Waals surface area contributed by atoms with E-state index in [9.17, 15) is 9.18 Å². The van der Waals surface area contributed by atoms with Crippen molar-refractivity contribution in [1.29, 1.82) is 0 Å². The van der Waals surface area contributed by atoms with Crippen LogP contribution in [0.15, 0.2) is 36.4 Å². The Labute approximate surface area is 142 Å². The molecule has 3 nitrogen and oxygen atoms in total. The highest BCUT2D eigenvalue weighted by Crippen LogP contribution is 2.40. The molecule has 24 heavy (non-hydrogen) atoms. The number of nitrogens with zero attached hydrogens (tertiary/aromatic N) is 1. The molecule has 2 heterocycles. The molecule has 0 saturated carbocycles. The fourth-order valence-electron chi connectivity index (χ4n) is 4.60. The first-order valence-corrected chi connectivity index (χ1v) is 8.97. The second-order valence-corrected chi connectivity index (χ2v) is 7.37. The van der Waals surface area contributed by atoms with Crippen LogP contribution in [0.25, 0.3) is 0 Å². The molecule has 4 heteroatoms. The number of allylic oxidation sites excluding steroid dienone is 2. The van der Waals surface area contributed by atoms with Crippen LogP contribution in [0, 0.1) is 17.7 Å². The maximum atomic E-state index is 13.5. The third kappa shape index (κ3) is 2.67. The molecule has 1 aromatic carbocycles. The predicted octanol–water partition coefficient (Wildman–Crippen LogP) is 3.30. The Morgan fingerprint density at radius 1 is 1.04 bits per heavy atom. The highest BCUT2D eigenvalue weighted by molar-refractivity contribution is 5.88. The van der Waals surface area contributed by atoms with Crippen molar-refractivity contribution in [1.82, 2.24) is 4.90 Å². The average molecular weight is 329 g/mol. The topological polar surface area (TPSA) is 29.5 Å². The number of hydrogen-bond acceptors (Lipinski definition) is 2. The Bertz CT molecular complexity index is 618. The van der Waals surface area contributed by atoms with Crippen molar-refractivity contribution in [2.45, 2.75) is 31.1 Å². The molecular formula is C20H24FNO2. The predicted molar refractivity (Wildman–Crippen MR) is 90.1 cm³/mol. The van der Waals surface area contributed by atoms with E-state index in [1.54, 1.807) is 12.1 Å². The number of likely N-dealkylation sites (tertiary alicyclic amines) is 1. The van der Waals surface area contributed by atoms with Crippen LogP contribution in [0.4, 0.5) is 4.39 Å². The summed E-state index contributed by atoms with van der Waals surface area (Å²) in [7, 11) is 0. The van der Waals surface area contributed by atoms with Crippen molar-refractivity contribution in [3.8, 4) is 0 Å². The normalized spacial score (nSPS) is 28.6. The van der Waals surface area contributed by atoms with Crippen molar-refractivity contribution in [2.24, 2.45) is 11.8 Å². The molecule has 1 aromatic rings. The van der Waals surface area contributed by atoms with Gasteiger partial charge in [-0.05, 0) is 55.2 Å².